The molecule has 2 aliphatic rings. The molecular formula is C51H41N5O2. The van der Waals surface area contributed by atoms with Crippen molar-refractivity contribution in [1.29, 1.82) is 0 Å². The van der Waals surface area contributed by atoms with Crippen molar-refractivity contribution >= 4 is 23.5 Å². The Morgan fingerprint density at radius 3 is 1.09 bits per heavy atom. The van der Waals surface area contributed by atoms with E-state index < -0.39 is 24.2 Å². The number of hydrogen-bond donors (Lipinski definition) is 0. The van der Waals surface area contributed by atoms with Gasteiger partial charge in [-0.2, -0.15) is 0 Å². The van der Waals surface area contributed by atoms with E-state index in [1.165, 1.54) is 0 Å². The number of aromatic nitrogens is 1. The minimum absolute atomic E-state index is 0.167. The summed E-state index contributed by atoms with van der Waals surface area (Å²) in [5, 5.41) is 0. The molecule has 2 aliphatic heterocycles. The van der Waals surface area contributed by atoms with E-state index in [0.29, 0.717) is 34.2 Å². The summed E-state index contributed by atoms with van der Waals surface area (Å²) < 4.78 is 0. The first-order chi connectivity index (χ1) is 28.5. The predicted octanol–water partition coefficient (Wildman–Crippen LogP) is 10.5. The summed E-state index contributed by atoms with van der Waals surface area (Å²) in [5.41, 5.74) is 7.81. The highest BCUT2D eigenvalue weighted by Crippen LogP contribution is 2.46. The van der Waals surface area contributed by atoms with E-state index in [9.17, 15) is 0 Å². The predicted molar refractivity (Wildman–Crippen MR) is 229 cm³/mol. The van der Waals surface area contributed by atoms with Gasteiger partial charge in [-0.3, -0.25) is 29.4 Å². The maximum Gasteiger partial charge on any atom is 0.260 e. The van der Waals surface area contributed by atoms with Crippen molar-refractivity contribution in [2.75, 3.05) is 0 Å². The van der Waals surface area contributed by atoms with E-state index in [2.05, 4.69) is 48.5 Å². The average molecular weight is 756 g/mol. The number of aliphatic imine (C=N–C) groups is 2. The maximum absolute atomic E-state index is 15.0. The zero-order valence-electron chi connectivity index (χ0n) is 32.3. The molecule has 7 aromatic rings. The molecule has 3 heterocycles. The third-order valence-corrected chi connectivity index (χ3v) is 11.1. The van der Waals surface area contributed by atoms with Gasteiger partial charge in [0.25, 0.3) is 11.8 Å². The molecule has 0 aliphatic carbocycles. The average Bonchev–Trinajstić information content (AvgIpc) is 3.89. The molecule has 7 heteroatoms. The van der Waals surface area contributed by atoms with Crippen molar-refractivity contribution in [2.45, 2.75) is 38.0 Å². The fourth-order valence-electron chi connectivity index (χ4n) is 8.25. The Bertz CT molecular complexity index is 2480. The molecule has 0 saturated carbocycles. The third kappa shape index (κ3) is 6.71. The van der Waals surface area contributed by atoms with Gasteiger partial charge in [0.05, 0.1) is 12.1 Å². The number of benzene rings is 6. The Hall–Kier alpha value is -7.25. The largest absolute Gasteiger partial charge is 0.281 e. The summed E-state index contributed by atoms with van der Waals surface area (Å²) in [4.78, 5) is 49.7. The number of carbonyl (C=O) groups is 2. The molecule has 7 nitrogen and oxygen atoms in total. The van der Waals surface area contributed by atoms with Crippen LogP contribution in [0.5, 0.6) is 0 Å². The Labute approximate surface area is 338 Å². The smallest absolute Gasteiger partial charge is 0.260 e. The van der Waals surface area contributed by atoms with Crippen molar-refractivity contribution < 1.29 is 9.59 Å². The van der Waals surface area contributed by atoms with Crippen LogP contribution in [0.1, 0.15) is 89.7 Å². The van der Waals surface area contributed by atoms with Crippen LogP contribution in [-0.4, -0.2) is 38.3 Å². The molecule has 9 rings (SSSR count). The van der Waals surface area contributed by atoms with Gasteiger partial charge in [0.1, 0.15) is 23.5 Å². The van der Waals surface area contributed by atoms with Crippen molar-refractivity contribution in [3.05, 3.63) is 244 Å². The highest BCUT2D eigenvalue weighted by atomic mass is 16.2. The van der Waals surface area contributed by atoms with Crippen molar-refractivity contribution in [3.8, 4) is 0 Å². The van der Waals surface area contributed by atoms with Crippen LogP contribution < -0.4 is 0 Å². The van der Waals surface area contributed by atoms with E-state index in [1.54, 1.807) is 0 Å². The maximum atomic E-state index is 15.0. The lowest BCUT2D eigenvalue weighted by molar-refractivity contribution is 0.0796. The van der Waals surface area contributed by atoms with Crippen LogP contribution >= 0.6 is 0 Å². The van der Waals surface area contributed by atoms with Crippen LogP contribution in [0.15, 0.2) is 198 Å². The van der Waals surface area contributed by atoms with E-state index in [4.69, 9.17) is 15.0 Å². The first kappa shape index (κ1) is 36.4. The van der Waals surface area contributed by atoms with Gasteiger partial charge < -0.3 is 0 Å². The summed E-state index contributed by atoms with van der Waals surface area (Å²) >= 11 is 0. The zero-order chi connectivity index (χ0) is 39.6. The molecule has 0 radical (unpaired) electrons. The number of nitrogens with zero attached hydrogens (tertiary/aromatic N) is 5. The highest BCUT2D eigenvalue weighted by molar-refractivity contribution is 6.16. The molecule has 0 fully saturated rings. The number of rotatable bonds is 8. The summed E-state index contributed by atoms with van der Waals surface area (Å²) in [6.07, 6.45) is 0. The highest BCUT2D eigenvalue weighted by Gasteiger charge is 2.45. The third-order valence-electron chi connectivity index (χ3n) is 11.1. The van der Waals surface area contributed by atoms with Crippen molar-refractivity contribution in [3.63, 3.8) is 0 Å². The topological polar surface area (TPSA) is 78.2 Å². The molecule has 0 spiro atoms. The lowest BCUT2D eigenvalue weighted by Gasteiger charge is -2.30. The number of aryl methyl sites for hydroxylation is 2. The van der Waals surface area contributed by atoms with Gasteiger partial charge in [-0.25, -0.2) is 4.98 Å². The second-order valence-electron chi connectivity index (χ2n) is 14.7. The molecule has 58 heavy (non-hydrogen) atoms. The molecular weight excluding hydrogens is 715 g/mol. The van der Waals surface area contributed by atoms with Crippen LogP contribution in [0.25, 0.3) is 0 Å². The van der Waals surface area contributed by atoms with E-state index in [1.807, 2.05) is 163 Å². The first-order valence-electron chi connectivity index (χ1n) is 19.6. The minimum Gasteiger partial charge on any atom is -0.281 e. The SMILES string of the molecule is Cc1ccccc1C(=O)N1C(c2cccc(C3=N[C@H](c4ccccc4)[C@@H](c4ccccc4)N3C(=O)c3ccccc3C)n2)=N[C@H](c2ccccc2)[C@H]1c1ccccc1. The lowest BCUT2D eigenvalue weighted by Crippen LogP contribution is -2.40. The zero-order valence-corrected chi connectivity index (χ0v) is 32.3. The fraction of sp³-hybridized carbons (Fsp3) is 0.118. The van der Waals surface area contributed by atoms with Gasteiger partial charge in [0.2, 0.25) is 0 Å². The number of hydrogen-bond acceptors (Lipinski definition) is 5. The molecule has 2 amide bonds. The second kappa shape index (κ2) is 15.7. The van der Waals surface area contributed by atoms with Crippen molar-refractivity contribution in [1.82, 2.24) is 14.8 Å². The fourth-order valence-corrected chi connectivity index (χ4v) is 8.25. The second-order valence-corrected chi connectivity index (χ2v) is 14.7. The Balaban J connectivity index is 1.23. The van der Waals surface area contributed by atoms with E-state index >= 15 is 9.59 Å². The normalized spacial score (nSPS) is 18.8. The first-order valence-corrected chi connectivity index (χ1v) is 19.6. The summed E-state index contributed by atoms with van der Waals surface area (Å²) in [6, 6.07) is 59.6. The van der Waals surface area contributed by atoms with Crippen LogP contribution in [0.2, 0.25) is 0 Å². The molecule has 282 valence electrons. The van der Waals surface area contributed by atoms with E-state index in [-0.39, 0.29) is 11.8 Å². The molecule has 0 N–H and O–H groups in total. The molecule has 4 atom stereocenters. The van der Waals surface area contributed by atoms with Crippen LogP contribution in [0, 0.1) is 13.8 Å². The number of pyridine rings is 1. The number of carbonyl (C=O) groups excluding carboxylic acids is 2. The Morgan fingerprint density at radius 2 is 0.724 bits per heavy atom. The van der Waals surface area contributed by atoms with Gasteiger partial charge >= 0.3 is 0 Å². The van der Waals surface area contributed by atoms with Crippen molar-refractivity contribution in [2.24, 2.45) is 9.98 Å². The molecule has 0 unspecified atom stereocenters. The number of amides is 2. The van der Waals surface area contributed by atoms with Crippen LogP contribution in [-0.2, 0) is 0 Å². The minimum atomic E-state index is -0.455. The Kier molecular flexibility index (Phi) is 9.86. The molecule has 6 aromatic carbocycles. The lowest BCUT2D eigenvalue weighted by atomic mass is 9.93. The quantitative estimate of drug-likeness (QED) is 0.155. The molecule has 0 saturated heterocycles. The molecule has 1 aromatic heterocycles. The molecule has 0 bridgehead atoms. The van der Waals surface area contributed by atoms with E-state index in [0.717, 1.165) is 33.4 Å². The van der Waals surface area contributed by atoms with Crippen LogP contribution in [0.4, 0.5) is 0 Å². The van der Waals surface area contributed by atoms with Gasteiger partial charge in [-0.1, -0.05) is 164 Å². The Morgan fingerprint density at radius 1 is 0.397 bits per heavy atom. The monoisotopic (exact) mass is 755 g/mol. The van der Waals surface area contributed by atoms with Gasteiger partial charge in [-0.15, -0.1) is 0 Å². The standard InChI is InChI=1S/C51H41N5O2/c1-34-20-15-17-30-40(34)50(57)55-46(38-26-11-5-12-27-38)44(36-22-7-3-8-23-36)53-48(55)42-32-19-33-43(52-42)49-54-45(37-24-9-4-10-25-37)47(39-28-13-6-14-29-39)56(49)51(58)41-31-18-16-21-35(41)2/h3-33,44-47H,1-2H3/t44-,45-,46-,47-/m1/s1. The summed E-state index contributed by atoms with van der Waals surface area (Å²) in [5.74, 6) is 0.568. The summed E-state index contributed by atoms with van der Waals surface area (Å²) in [7, 11) is 0. The van der Waals surface area contributed by atoms with Gasteiger partial charge in [0, 0.05) is 11.1 Å². The summed E-state index contributed by atoms with van der Waals surface area (Å²) in [6.45, 7) is 3.91. The van der Waals surface area contributed by atoms with Gasteiger partial charge in [0.15, 0.2) is 11.7 Å². The number of amidine groups is 2. The van der Waals surface area contributed by atoms with Crippen LogP contribution in [0.3, 0.4) is 0 Å². The van der Waals surface area contributed by atoms with Gasteiger partial charge in [-0.05, 0) is 71.5 Å².